The molecular weight excluding hydrogens is 687 g/mol. The van der Waals surface area contributed by atoms with Crippen molar-refractivity contribution in [3.63, 3.8) is 0 Å². The van der Waals surface area contributed by atoms with Crippen LogP contribution < -0.4 is 27.0 Å². The van der Waals surface area contributed by atoms with Gasteiger partial charge in [0, 0.05) is 35.2 Å². The molecule has 0 bridgehead atoms. The number of amides is 3. The first-order chi connectivity index (χ1) is 24.2. The van der Waals surface area contributed by atoms with E-state index in [1.54, 1.807) is 24.3 Å². The van der Waals surface area contributed by atoms with Crippen molar-refractivity contribution in [2.24, 2.45) is 17.6 Å². The molecule has 1 aromatic heterocycles. The Morgan fingerprint density at radius 3 is 2.24 bits per heavy atom. The molecule has 2 aliphatic rings. The van der Waals surface area contributed by atoms with Gasteiger partial charge in [-0.3, -0.25) is 14.4 Å². The van der Waals surface area contributed by atoms with Crippen LogP contribution in [0.15, 0.2) is 66.7 Å². The van der Waals surface area contributed by atoms with Gasteiger partial charge in [0.1, 0.15) is 6.04 Å². The lowest BCUT2D eigenvalue weighted by atomic mass is 9.81. The van der Waals surface area contributed by atoms with Crippen molar-refractivity contribution in [1.29, 1.82) is 0 Å². The number of nitrogens with one attached hydrogen (secondary N) is 5. The maximum Gasteiger partial charge on any atom is 0.251 e. The first-order valence-corrected chi connectivity index (χ1v) is 17.8. The molecule has 3 amide bonds. The molecule has 2 fully saturated rings. The van der Waals surface area contributed by atoms with Gasteiger partial charge >= 0.3 is 0 Å². The first kappa shape index (κ1) is 38.0. The average molecular weight is 734 g/mol. The summed E-state index contributed by atoms with van der Waals surface area (Å²) in [5, 5.41) is 19.4. The molecule has 0 spiro atoms. The molecule has 270 valence electrons. The molecule has 51 heavy (non-hydrogen) atoms. The summed E-state index contributed by atoms with van der Waals surface area (Å²) >= 11 is 5.87. The molecule has 1 atom stereocenters. The van der Waals surface area contributed by atoms with Crippen LogP contribution in [0.4, 0.5) is 5.69 Å². The highest BCUT2D eigenvalue weighted by Gasteiger charge is 2.29. The summed E-state index contributed by atoms with van der Waals surface area (Å²) in [6.45, 7) is 4.48. The van der Waals surface area contributed by atoms with Gasteiger partial charge in [0.2, 0.25) is 17.1 Å². The smallest absolute Gasteiger partial charge is 0.251 e. The number of nitrogens with zero attached hydrogens (tertiary/aromatic N) is 2. The standard InChI is InChI=1S/C38H45ClN8O3.ClH/c1-23-20-29(36(49)42-31-16-18-41-19-17-31)12-15-32(23)26-6-2-24(3-7-26)21-33(44-35(48)28-8-4-25(22-40)5-9-28)37(50)43-30-13-10-27(11-14-30)34-45-38(39)47-46-34;/h2-3,6-7,10-15,20,25,28,31,33,41H,4-5,8-9,16-19,21-22,40H2,1H3,(H,42,49)(H,43,50)(H,44,48)(H,45,46,47);1H/t25?,28?,33-;/m0./s1. The highest BCUT2D eigenvalue weighted by Crippen LogP contribution is 2.29. The van der Waals surface area contributed by atoms with Gasteiger partial charge in [-0.25, -0.2) is 5.10 Å². The number of carbonyl (C=O) groups excluding carboxylic acids is 3. The summed E-state index contributed by atoms with van der Waals surface area (Å²) < 4.78 is 0. The molecule has 1 aliphatic heterocycles. The first-order valence-electron chi connectivity index (χ1n) is 17.5. The molecule has 13 heteroatoms. The number of halogens is 2. The molecule has 4 aromatic rings. The van der Waals surface area contributed by atoms with Gasteiger partial charge in [-0.2, -0.15) is 10.1 Å². The van der Waals surface area contributed by atoms with E-state index < -0.39 is 6.04 Å². The molecule has 6 rings (SSSR count). The van der Waals surface area contributed by atoms with Gasteiger partial charge in [-0.05, 0) is 141 Å². The quantitative estimate of drug-likeness (QED) is 0.120. The number of hydrogen-bond acceptors (Lipinski definition) is 7. The zero-order chi connectivity index (χ0) is 35.0. The molecule has 11 nitrogen and oxygen atoms in total. The summed E-state index contributed by atoms with van der Waals surface area (Å²) in [5.41, 5.74) is 11.8. The van der Waals surface area contributed by atoms with Crippen molar-refractivity contribution in [2.75, 3.05) is 25.0 Å². The Morgan fingerprint density at radius 2 is 1.61 bits per heavy atom. The highest BCUT2D eigenvalue weighted by molar-refractivity contribution is 6.28. The van der Waals surface area contributed by atoms with Crippen molar-refractivity contribution in [3.05, 3.63) is 88.7 Å². The monoisotopic (exact) mass is 732 g/mol. The van der Waals surface area contributed by atoms with Crippen LogP contribution in [0.1, 0.15) is 60.0 Å². The summed E-state index contributed by atoms with van der Waals surface area (Å²) in [6, 6.07) is 20.4. The molecule has 1 aliphatic carbocycles. The lowest BCUT2D eigenvalue weighted by Crippen LogP contribution is -2.48. The molecule has 0 radical (unpaired) electrons. The number of rotatable bonds is 11. The van der Waals surface area contributed by atoms with Crippen molar-refractivity contribution >= 4 is 47.4 Å². The Labute approximate surface area is 309 Å². The third-order valence-corrected chi connectivity index (χ3v) is 10.1. The van der Waals surface area contributed by atoms with Crippen LogP contribution in [-0.2, 0) is 16.0 Å². The van der Waals surface area contributed by atoms with Crippen LogP contribution >= 0.6 is 24.0 Å². The minimum Gasteiger partial charge on any atom is -0.349 e. The van der Waals surface area contributed by atoms with E-state index in [9.17, 15) is 14.4 Å². The van der Waals surface area contributed by atoms with Crippen LogP contribution in [0, 0.1) is 18.8 Å². The number of benzene rings is 3. The second kappa shape index (κ2) is 17.8. The van der Waals surface area contributed by atoms with E-state index >= 15 is 0 Å². The number of aromatic nitrogens is 3. The van der Waals surface area contributed by atoms with Gasteiger partial charge < -0.3 is 27.0 Å². The number of nitrogens with two attached hydrogens (primary N) is 1. The largest absolute Gasteiger partial charge is 0.349 e. The Kier molecular flexibility index (Phi) is 13.2. The van der Waals surface area contributed by atoms with Gasteiger partial charge in [0.25, 0.3) is 5.91 Å². The van der Waals surface area contributed by atoms with Crippen LogP contribution in [-0.4, -0.2) is 64.6 Å². The van der Waals surface area contributed by atoms with E-state index in [0.717, 1.165) is 79.4 Å². The van der Waals surface area contributed by atoms with Gasteiger partial charge in [-0.1, -0.05) is 30.3 Å². The fourth-order valence-corrected chi connectivity index (χ4v) is 7.00. The third-order valence-electron chi connectivity index (χ3n) is 9.92. The lowest BCUT2D eigenvalue weighted by Gasteiger charge is -2.28. The number of hydrogen-bond donors (Lipinski definition) is 6. The van der Waals surface area contributed by atoms with E-state index in [2.05, 4.69) is 36.4 Å². The Hall–Kier alpha value is -4.29. The maximum absolute atomic E-state index is 13.7. The minimum absolute atomic E-state index is 0. The third kappa shape index (κ3) is 9.94. The van der Waals surface area contributed by atoms with E-state index in [4.69, 9.17) is 17.3 Å². The number of anilines is 1. The van der Waals surface area contributed by atoms with Crippen LogP contribution in [0.25, 0.3) is 22.5 Å². The van der Waals surface area contributed by atoms with Gasteiger partial charge in [0.05, 0.1) is 0 Å². The zero-order valence-corrected chi connectivity index (χ0v) is 30.3. The van der Waals surface area contributed by atoms with E-state index in [-0.39, 0.29) is 47.4 Å². The molecule has 2 heterocycles. The summed E-state index contributed by atoms with van der Waals surface area (Å²) in [5.74, 6) is 0.306. The second-order valence-corrected chi connectivity index (χ2v) is 13.8. The number of aryl methyl sites for hydroxylation is 1. The molecule has 1 saturated carbocycles. The molecule has 7 N–H and O–H groups in total. The zero-order valence-electron chi connectivity index (χ0n) is 28.7. The summed E-state index contributed by atoms with van der Waals surface area (Å²) in [7, 11) is 0. The average Bonchev–Trinajstić information content (AvgIpc) is 3.58. The fourth-order valence-electron chi connectivity index (χ4n) is 6.88. The molecule has 0 unspecified atom stereocenters. The van der Waals surface area contributed by atoms with Crippen LogP contribution in [0.5, 0.6) is 0 Å². The molecule has 3 aromatic carbocycles. The highest BCUT2D eigenvalue weighted by atomic mass is 35.5. The predicted octanol–water partition coefficient (Wildman–Crippen LogP) is 5.44. The van der Waals surface area contributed by atoms with Crippen molar-refractivity contribution < 1.29 is 14.4 Å². The van der Waals surface area contributed by atoms with Crippen molar-refractivity contribution in [1.82, 2.24) is 31.1 Å². The SMILES string of the molecule is Cc1cc(C(=O)NC2CCNCC2)ccc1-c1ccc(C[C@H](NC(=O)C2CCC(CN)CC2)C(=O)Nc2ccc(-c3n[nH]c(Cl)n3)cc2)cc1.Cl. The Morgan fingerprint density at radius 1 is 0.922 bits per heavy atom. The van der Waals surface area contributed by atoms with Crippen molar-refractivity contribution in [3.8, 4) is 22.5 Å². The van der Waals surface area contributed by atoms with Gasteiger partial charge in [-0.15, -0.1) is 12.4 Å². The van der Waals surface area contributed by atoms with Crippen LogP contribution in [0.2, 0.25) is 5.28 Å². The second-order valence-electron chi connectivity index (χ2n) is 13.5. The normalized spacial score (nSPS) is 18.3. The fraction of sp³-hybridized carbons (Fsp3) is 0.395. The maximum atomic E-state index is 13.7. The topological polar surface area (TPSA) is 167 Å². The van der Waals surface area contributed by atoms with Crippen LogP contribution in [0.3, 0.4) is 0 Å². The van der Waals surface area contributed by atoms with Gasteiger partial charge in [0.15, 0.2) is 5.82 Å². The predicted molar refractivity (Wildman–Crippen MR) is 203 cm³/mol. The number of piperidine rings is 1. The number of aromatic amines is 1. The summed E-state index contributed by atoms with van der Waals surface area (Å²) in [6.07, 6.45) is 5.55. The van der Waals surface area contributed by atoms with Crippen molar-refractivity contribution in [2.45, 2.75) is 64.0 Å². The van der Waals surface area contributed by atoms with E-state index in [0.29, 0.717) is 36.0 Å². The summed E-state index contributed by atoms with van der Waals surface area (Å²) in [4.78, 5) is 44.2. The minimum atomic E-state index is -0.786. The number of carbonyl (C=O) groups is 3. The van der Waals surface area contributed by atoms with E-state index in [1.807, 2.05) is 49.4 Å². The number of H-pyrrole nitrogens is 1. The lowest BCUT2D eigenvalue weighted by molar-refractivity contribution is -0.130. The molecular formula is C38H46Cl2N8O3. The molecule has 1 saturated heterocycles. The Bertz CT molecular complexity index is 1780. The Balaban J connectivity index is 0.00000504. The van der Waals surface area contributed by atoms with E-state index in [1.165, 1.54) is 0 Å².